The van der Waals surface area contributed by atoms with Crippen LogP contribution in [0.4, 0.5) is 4.79 Å². The number of esters is 1. The van der Waals surface area contributed by atoms with Crippen LogP contribution in [0.1, 0.15) is 18.1 Å². The lowest BCUT2D eigenvalue weighted by molar-refractivity contribution is -0.148. The highest BCUT2D eigenvalue weighted by Gasteiger charge is 2.41. The molecule has 6 nitrogen and oxygen atoms in total. The number of ether oxygens (including phenoxy) is 2. The molecular formula is C25H21NO5S. The number of nitrogens with zero attached hydrogens (tertiary/aromatic N) is 1. The zero-order valence-electron chi connectivity index (χ0n) is 17.6. The Morgan fingerprint density at radius 3 is 2.47 bits per heavy atom. The summed E-state index contributed by atoms with van der Waals surface area (Å²) in [5.74, 6) is -0.446. The van der Waals surface area contributed by atoms with Crippen molar-refractivity contribution >= 4 is 45.7 Å². The van der Waals surface area contributed by atoms with Crippen molar-refractivity contribution in [2.45, 2.75) is 19.6 Å². The molecule has 0 unspecified atom stereocenters. The van der Waals surface area contributed by atoms with Crippen molar-refractivity contribution in [3.63, 3.8) is 0 Å². The first-order valence-electron chi connectivity index (χ1n) is 10.0. The minimum Gasteiger partial charge on any atom is -0.489 e. The molecule has 1 fully saturated rings. The highest BCUT2D eigenvalue weighted by atomic mass is 32.2. The SMILES string of the molecule is COC(=O)[C@H](C)N1C(=O)S/C(=C/c2ccc(OCc3ccc4ccccc4c3)cc2)C1=O. The summed E-state index contributed by atoms with van der Waals surface area (Å²) in [4.78, 5) is 37.7. The van der Waals surface area contributed by atoms with Crippen LogP contribution >= 0.6 is 11.8 Å². The lowest BCUT2D eigenvalue weighted by Gasteiger charge is -2.18. The predicted molar refractivity (Wildman–Crippen MR) is 124 cm³/mol. The molecule has 4 rings (SSSR count). The second-order valence-corrected chi connectivity index (χ2v) is 8.28. The van der Waals surface area contributed by atoms with Crippen LogP contribution in [0.25, 0.3) is 16.8 Å². The first-order chi connectivity index (χ1) is 15.5. The minimum absolute atomic E-state index is 0.260. The molecule has 0 spiro atoms. The van der Waals surface area contributed by atoms with Crippen molar-refractivity contribution in [2.24, 2.45) is 0 Å². The van der Waals surface area contributed by atoms with Crippen LogP contribution < -0.4 is 4.74 Å². The highest BCUT2D eigenvalue weighted by molar-refractivity contribution is 8.18. The fourth-order valence-corrected chi connectivity index (χ4v) is 4.30. The van der Waals surface area contributed by atoms with E-state index in [1.807, 2.05) is 42.5 Å². The van der Waals surface area contributed by atoms with E-state index in [2.05, 4.69) is 29.0 Å². The van der Waals surface area contributed by atoms with Crippen molar-refractivity contribution in [3.8, 4) is 5.75 Å². The molecule has 1 heterocycles. The number of carbonyl (C=O) groups is 3. The molecule has 3 aromatic carbocycles. The summed E-state index contributed by atoms with van der Waals surface area (Å²) in [7, 11) is 1.22. The molecule has 3 aromatic rings. The molecule has 0 radical (unpaired) electrons. The van der Waals surface area contributed by atoms with Gasteiger partial charge in [-0.25, -0.2) is 4.79 Å². The standard InChI is InChI=1S/C25H21NO5S/c1-16(24(28)30-2)26-23(27)22(32-25(26)29)14-17-8-11-21(12-9-17)31-15-18-7-10-19-5-3-4-6-20(19)13-18/h3-14,16H,15H2,1-2H3/b22-14+/t16-/m0/s1. The van der Waals surface area contributed by atoms with Gasteiger partial charge in [0.1, 0.15) is 18.4 Å². The molecule has 0 saturated carbocycles. The summed E-state index contributed by atoms with van der Waals surface area (Å²) in [5.41, 5.74) is 1.82. The van der Waals surface area contributed by atoms with Crippen molar-refractivity contribution in [3.05, 3.63) is 82.8 Å². The Kier molecular flexibility index (Phi) is 6.28. The molecule has 0 aliphatic carbocycles. The molecule has 7 heteroatoms. The van der Waals surface area contributed by atoms with Crippen LogP contribution in [0.3, 0.4) is 0 Å². The summed E-state index contributed by atoms with van der Waals surface area (Å²) >= 11 is 0.805. The van der Waals surface area contributed by atoms with Crippen LogP contribution in [0.2, 0.25) is 0 Å². The fraction of sp³-hybridized carbons (Fsp3) is 0.160. The van der Waals surface area contributed by atoms with Crippen molar-refractivity contribution in [1.82, 2.24) is 4.90 Å². The second kappa shape index (κ2) is 9.28. The van der Waals surface area contributed by atoms with E-state index in [0.717, 1.165) is 27.8 Å². The van der Waals surface area contributed by atoms with Crippen LogP contribution in [0.5, 0.6) is 5.75 Å². The van der Waals surface area contributed by atoms with Gasteiger partial charge >= 0.3 is 5.97 Å². The van der Waals surface area contributed by atoms with E-state index in [-0.39, 0.29) is 4.91 Å². The van der Waals surface area contributed by atoms with Gasteiger partial charge in [-0.2, -0.15) is 0 Å². The van der Waals surface area contributed by atoms with E-state index in [1.54, 1.807) is 6.08 Å². The first-order valence-corrected chi connectivity index (χ1v) is 10.8. The molecule has 1 aliphatic rings. The predicted octanol–water partition coefficient (Wildman–Crippen LogP) is 5.02. The fourth-order valence-electron chi connectivity index (χ4n) is 3.40. The van der Waals surface area contributed by atoms with Crippen LogP contribution in [-0.4, -0.2) is 35.2 Å². The Hall–Kier alpha value is -3.58. The number of amides is 2. The number of benzene rings is 3. The van der Waals surface area contributed by atoms with E-state index >= 15 is 0 Å². The molecule has 0 bridgehead atoms. The molecule has 1 saturated heterocycles. The smallest absolute Gasteiger partial charge is 0.328 e. The second-order valence-electron chi connectivity index (χ2n) is 7.29. The number of fused-ring (bicyclic) bond motifs is 1. The van der Waals surface area contributed by atoms with Gasteiger partial charge in [0.05, 0.1) is 12.0 Å². The summed E-state index contributed by atoms with van der Waals surface area (Å²) in [6, 6.07) is 20.7. The number of imide groups is 1. The number of methoxy groups -OCH3 is 1. The number of rotatable bonds is 6. The molecule has 0 N–H and O–H groups in total. The van der Waals surface area contributed by atoms with Gasteiger partial charge < -0.3 is 9.47 Å². The Balaban J connectivity index is 1.42. The zero-order valence-corrected chi connectivity index (χ0v) is 18.4. The molecule has 1 aliphatic heterocycles. The van der Waals surface area contributed by atoms with Crippen molar-refractivity contribution in [1.29, 1.82) is 0 Å². The van der Waals surface area contributed by atoms with Gasteiger partial charge in [0.15, 0.2) is 0 Å². The van der Waals surface area contributed by atoms with Gasteiger partial charge in [0.25, 0.3) is 11.1 Å². The molecule has 32 heavy (non-hydrogen) atoms. The van der Waals surface area contributed by atoms with E-state index < -0.39 is 23.2 Å². The number of hydrogen-bond donors (Lipinski definition) is 0. The Morgan fingerprint density at radius 2 is 1.75 bits per heavy atom. The van der Waals surface area contributed by atoms with Crippen LogP contribution in [0.15, 0.2) is 71.6 Å². The Bertz CT molecular complexity index is 1220. The lowest BCUT2D eigenvalue weighted by Crippen LogP contribution is -2.42. The van der Waals surface area contributed by atoms with E-state index in [1.165, 1.54) is 24.8 Å². The zero-order chi connectivity index (χ0) is 22.7. The number of carbonyl (C=O) groups excluding carboxylic acids is 3. The molecule has 2 amide bonds. The third-order valence-electron chi connectivity index (χ3n) is 5.15. The Labute approximate surface area is 189 Å². The van der Waals surface area contributed by atoms with Gasteiger partial charge in [0.2, 0.25) is 0 Å². The first kappa shape index (κ1) is 21.6. The van der Waals surface area contributed by atoms with E-state index in [9.17, 15) is 14.4 Å². The van der Waals surface area contributed by atoms with Gasteiger partial charge in [0, 0.05) is 0 Å². The van der Waals surface area contributed by atoms with E-state index in [4.69, 9.17) is 4.74 Å². The van der Waals surface area contributed by atoms with Gasteiger partial charge in [-0.05, 0) is 64.9 Å². The average molecular weight is 448 g/mol. The van der Waals surface area contributed by atoms with Gasteiger partial charge in [-0.1, -0.05) is 48.5 Å². The van der Waals surface area contributed by atoms with Gasteiger partial charge in [-0.15, -0.1) is 0 Å². The molecule has 1 atom stereocenters. The summed E-state index contributed by atoms with van der Waals surface area (Å²) < 4.78 is 10.5. The normalized spacial score (nSPS) is 15.9. The average Bonchev–Trinajstić information content (AvgIpc) is 3.09. The Morgan fingerprint density at radius 1 is 1.03 bits per heavy atom. The van der Waals surface area contributed by atoms with Crippen LogP contribution in [-0.2, 0) is 20.9 Å². The van der Waals surface area contributed by atoms with Crippen LogP contribution in [0, 0.1) is 0 Å². The minimum atomic E-state index is -0.968. The quantitative estimate of drug-likeness (QED) is 0.390. The maximum atomic E-state index is 12.6. The van der Waals surface area contributed by atoms with Gasteiger partial charge in [-0.3, -0.25) is 14.5 Å². The number of hydrogen-bond acceptors (Lipinski definition) is 6. The van der Waals surface area contributed by atoms with Crippen molar-refractivity contribution < 1.29 is 23.9 Å². The number of thioether (sulfide) groups is 1. The third-order valence-corrected chi connectivity index (χ3v) is 6.03. The monoisotopic (exact) mass is 447 g/mol. The topological polar surface area (TPSA) is 72.9 Å². The lowest BCUT2D eigenvalue weighted by atomic mass is 10.1. The molecule has 0 aromatic heterocycles. The summed E-state index contributed by atoms with van der Waals surface area (Å²) in [6.45, 7) is 1.90. The maximum Gasteiger partial charge on any atom is 0.328 e. The molecule has 162 valence electrons. The summed E-state index contributed by atoms with van der Waals surface area (Å²) in [5, 5.41) is 1.86. The molecular weight excluding hydrogens is 426 g/mol. The summed E-state index contributed by atoms with van der Waals surface area (Å²) in [6.07, 6.45) is 1.63. The van der Waals surface area contributed by atoms with Crippen molar-refractivity contribution in [2.75, 3.05) is 7.11 Å². The third kappa shape index (κ3) is 4.53. The highest BCUT2D eigenvalue weighted by Crippen LogP contribution is 2.34. The maximum absolute atomic E-state index is 12.6. The van der Waals surface area contributed by atoms with E-state index in [0.29, 0.717) is 12.4 Å². The largest absolute Gasteiger partial charge is 0.489 e.